The fourth-order valence-corrected chi connectivity index (χ4v) is 9.77. The third-order valence-electron chi connectivity index (χ3n) is 13.7. The largest absolute Gasteiger partial charge is 0.493 e. The first-order valence-corrected chi connectivity index (χ1v) is 26.0. The molecule has 2 aliphatic rings. The highest BCUT2D eigenvalue weighted by Crippen LogP contribution is 2.40. The number of halogens is 2. The van der Waals surface area contributed by atoms with Crippen LogP contribution in [-0.4, -0.2) is 101 Å². The lowest BCUT2D eigenvalue weighted by Crippen LogP contribution is -2.33. The molecule has 6 aromatic rings. The molecule has 2 heterocycles. The molecule has 8 rings (SSSR count). The van der Waals surface area contributed by atoms with Crippen LogP contribution in [0.3, 0.4) is 0 Å². The van der Waals surface area contributed by atoms with Gasteiger partial charge in [0.15, 0.2) is 23.0 Å². The van der Waals surface area contributed by atoms with Crippen LogP contribution in [0.25, 0.3) is 0 Å². The maximum absolute atomic E-state index is 14.1. The van der Waals surface area contributed by atoms with Crippen molar-refractivity contribution in [2.75, 3.05) is 55.7 Å². The average Bonchev–Trinajstić information content (AvgIpc) is 4.18. The number of methoxy groups -OCH3 is 6. The number of ether oxygens (including phenoxy) is 6. The summed E-state index contributed by atoms with van der Waals surface area (Å²) in [5.74, 6) is -0.589. The summed E-state index contributed by atoms with van der Waals surface area (Å²) < 4.78 is 32.9. The number of rotatable bonds is 22. The number of nitrogens with zero attached hydrogens (tertiary/aromatic N) is 2. The van der Waals surface area contributed by atoms with Crippen molar-refractivity contribution >= 4 is 58.6 Å². The molecule has 18 nitrogen and oxygen atoms in total. The Bertz CT molecular complexity index is 3030. The fraction of sp³-hybridized carbons (Fsp3) is 0.288. The van der Waals surface area contributed by atoms with Gasteiger partial charge in [0.2, 0.25) is 23.3 Å². The first-order chi connectivity index (χ1) is 38.1. The zero-order valence-electron chi connectivity index (χ0n) is 44.6. The Morgan fingerprint density at radius 3 is 0.975 bits per heavy atom. The van der Waals surface area contributed by atoms with Gasteiger partial charge in [0, 0.05) is 62.4 Å². The van der Waals surface area contributed by atoms with Crippen LogP contribution in [0.15, 0.2) is 97.1 Å². The maximum Gasteiger partial charge on any atom is 0.252 e. The highest BCUT2D eigenvalue weighted by Gasteiger charge is 2.33. The first-order valence-electron chi connectivity index (χ1n) is 25.2. The molecule has 0 spiro atoms. The normalized spacial score (nSPS) is 12.2. The van der Waals surface area contributed by atoms with E-state index >= 15 is 0 Å². The number of fused-ring (bicyclic) bond motifs is 2. The van der Waals surface area contributed by atoms with E-state index in [4.69, 9.17) is 51.6 Å². The zero-order chi connectivity index (χ0) is 56.3. The summed E-state index contributed by atoms with van der Waals surface area (Å²) in [5, 5.41) is 12.9. The van der Waals surface area contributed by atoms with Crippen molar-refractivity contribution in [2.45, 2.75) is 58.5 Å². The minimum atomic E-state index is -0.536. The topological polar surface area (TPSA) is 212 Å². The Kier molecular flexibility index (Phi) is 18.5. The van der Waals surface area contributed by atoms with Crippen molar-refractivity contribution in [2.24, 2.45) is 0 Å². The van der Waals surface area contributed by atoms with Gasteiger partial charge in [-0.05, 0) is 130 Å². The molecular weight excluding hydrogens is 1060 g/mol. The highest BCUT2D eigenvalue weighted by atomic mass is 35.5. The van der Waals surface area contributed by atoms with Gasteiger partial charge >= 0.3 is 0 Å². The van der Waals surface area contributed by atoms with Crippen LogP contribution in [0.5, 0.6) is 34.5 Å². The van der Waals surface area contributed by atoms with Gasteiger partial charge in [-0.1, -0.05) is 47.5 Å². The minimum absolute atomic E-state index is 0.0437. The molecule has 0 aromatic heterocycles. The Morgan fingerprint density at radius 1 is 0.405 bits per heavy atom. The molecule has 0 unspecified atom stereocenters. The van der Waals surface area contributed by atoms with E-state index in [-0.39, 0.29) is 74.6 Å². The molecule has 6 amide bonds. The number of carbonyl (C=O) groups excluding carboxylic acids is 6. The number of benzene rings is 6. The Balaban J connectivity index is 0.972. The molecule has 0 bridgehead atoms. The van der Waals surface area contributed by atoms with Gasteiger partial charge in [0.25, 0.3) is 23.6 Å². The van der Waals surface area contributed by atoms with Crippen LogP contribution in [0.2, 0.25) is 10.0 Å². The Morgan fingerprint density at radius 2 is 0.696 bits per heavy atom. The molecule has 0 atom stereocenters. The second kappa shape index (κ2) is 25.8. The summed E-state index contributed by atoms with van der Waals surface area (Å²) in [6, 6.07) is 27.9. The Labute approximate surface area is 467 Å². The number of nitrogens with one attached hydrogen (secondary N) is 4. The molecule has 20 heteroatoms. The summed E-state index contributed by atoms with van der Waals surface area (Å²) in [4.78, 5) is 87.3. The van der Waals surface area contributed by atoms with Crippen LogP contribution in [0.1, 0.15) is 92.4 Å². The van der Waals surface area contributed by atoms with Gasteiger partial charge in [-0.3, -0.25) is 28.8 Å². The van der Waals surface area contributed by atoms with Gasteiger partial charge in [-0.2, -0.15) is 0 Å². The third kappa shape index (κ3) is 13.4. The molecule has 4 N–H and O–H groups in total. The van der Waals surface area contributed by atoms with Crippen molar-refractivity contribution in [3.8, 4) is 34.5 Å². The summed E-state index contributed by atoms with van der Waals surface area (Å²) in [6.45, 7) is 0.959. The number of amides is 6. The van der Waals surface area contributed by atoms with Crippen LogP contribution >= 0.6 is 23.2 Å². The van der Waals surface area contributed by atoms with Gasteiger partial charge < -0.3 is 59.5 Å². The molecular formula is C59H60Cl2N6O12. The van der Waals surface area contributed by atoms with Crippen LogP contribution in [0, 0.1) is 0 Å². The number of carbonyl (C=O) groups is 6. The van der Waals surface area contributed by atoms with Crippen molar-refractivity contribution < 1.29 is 57.2 Å². The summed E-state index contributed by atoms with van der Waals surface area (Å²) in [6.07, 6.45) is 0.528. The first kappa shape index (κ1) is 56.7. The second-order valence-corrected chi connectivity index (χ2v) is 19.6. The van der Waals surface area contributed by atoms with E-state index in [1.54, 1.807) is 72.8 Å². The Hall–Kier alpha value is -8.48. The van der Waals surface area contributed by atoms with Crippen molar-refractivity contribution in [3.63, 3.8) is 0 Å². The molecule has 412 valence electrons. The van der Waals surface area contributed by atoms with Gasteiger partial charge in [0.05, 0.1) is 64.9 Å². The van der Waals surface area contributed by atoms with E-state index < -0.39 is 41.9 Å². The predicted molar refractivity (Wildman–Crippen MR) is 296 cm³/mol. The fourth-order valence-electron chi connectivity index (χ4n) is 9.52. The lowest BCUT2D eigenvalue weighted by Gasteiger charge is -2.19. The third-order valence-corrected chi connectivity index (χ3v) is 14.2. The predicted octanol–water partition coefficient (Wildman–Crippen LogP) is 7.62. The summed E-state index contributed by atoms with van der Waals surface area (Å²) in [5.41, 5.74) is 6.18. The van der Waals surface area contributed by atoms with E-state index in [2.05, 4.69) is 21.3 Å². The lowest BCUT2D eigenvalue weighted by atomic mass is 9.98. The van der Waals surface area contributed by atoms with Crippen molar-refractivity contribution in [1.29, 1.82) is 0 Å². The summed E-state index contributed by atoms with van der Waals surface area (Å²) >= 11 is 12.1. The molecule has 79 heavy (non-hydrogen) atoms. The zero-order valence-corrected chi connectivity index (χ0v) is 46.1. The van der Waals surface area contributed by atoms with E-state index in [9.17, 15) is 28.8 Å². The molecule has 0 aliphatic carbocycles. The monoisotopic (exact) mass is 1110 g/mol. The van der Waals surface area contributed by atoms with Crippen LogP contribution in [-0.2, 0) is 61.7 Å². The second-order valence-electron chi connectivity index (χ2n) is 18.7. The minimum Gasteiger partial charge on any atom is -0.493 e. The van der Waals surface area contributed by atoms with Gasteiger partial charge in [-0.15, -0.1) is 0 Å². The molecule has 0 radical (unpaired) electrons. The van der Waals surface area contributed by atoms with Crippen LogP contribution in [0.4, 0.5) is 0 Å². The standard InChI is InChI=1S/C59H60Cl2N6O12/c1-74-48-19-36(20-49(75-2)54(48)78-5)28-64-58(72)46-25-40-32-66(30-38(40)23-44(46)56(70)62-17-15-34-7-11-42(60)12-8-34)52(68)27-53(69)67-31-39-24-45(57(71)63-18-16-35-9-13-43(61)14-10-35)47(26-41(39)33-67)59(73)65-29-37-21-50(76-3)55(79-6)51(22-37)77-4/h7-14,19-26H,15-18,27-33H2,1-6H3,(H,62,70)(H,63,71)(H,64,72)(H,65,73). The maximum atomic E-state index is 14.1. The number of hydrogen-bond donors (Lipinski definition) is 4. The van der Waals surface area contributed by atoms with E-state index in [0.717, 1.165) is 11.1 Å². The van der Waals surface area contributed by atoms with E-state index in [0.29, 0.717) is 90.8 Å². The van der Waals surface area contributed by atoms with E-state index in [1.165, 1.54) is 52.5 Å². The SMILES string of the molecule is COc1cc(CNC(=O)c2cc3c(cc2C(=O)NCCc2ccc(Cl)cc2)CN(C(=O)CC(=O)N2Cc4cc(C(=O)NCCc5ccc(Cl)cc5)c(C(=O)NCc5cc(OC)c(OC)c(OC)c5)cc4C2)C3)cc(OC)c1OC. The molecule has 0 fully saturated rings. The van der Waals surface area contributed by atoms with Crippen molar-refractivity contribution in [3.05, 3.63) is 174 Å². The van der Waals surface area contributed by atoms with Crippen molar-refractivity contribution in [1.82, 2.24) is 31.1 Å². The lowest BCUT2D eigenvalue weighted by molar-refractivity contribution is -0.141. The molecule has 2 aliphatic heterocycles. The summed E-state index contributed by atoms with van der Waals surface area (Å²) in [7, 11) is 8.95. The molecule has 0 saturated heterocycles. The molecule has 0 saturated carbocycles. The van der Waals surface area contributed by atoms with E-state index in [1.807, 2.05) is 24.3 Å². The van der Waals surface area contributed by atoms with Crippen LogP contribution < -0.4 is 49.7 Å². The highest BCUT2D eigenvalue weighted by molar-refractivity contribution is 6.30. The smallest absolute Gasteiger partial charge is 0.252 e. The van der Waals surface area contributed by atoms with Gasteiger partial charge in [0.1, 0.15) is 6.42 Å². The number of hydrogen-bond acceptors (Lipinski definition) is 12. The van der Waals surface area contributed by atoms with Gasteiger partial charge in [-0.25, -0.2) is 0 Å². The average molecular weight is 1120 g/mol. The quantitative estimate of drug-likeness (QED) is 0.0484. The molecule has 6 aromatic carbocycles.